The fourth-order valence-electron chi connectivity index (χ4n) is 3.85. The molecule has 1 aliphatic heterocycles. The van der Waals surface area contributed by atoms with Crippen molar-refractivity contribution in [1.82, 2.24) is 4.57 Å². The molecule has 17 nitrogen and oxygen atoms in total. The van der Waals surface area contributed by atoms with Crippen LogP contribution in [0.3, 0.4) is 0 Å². The number of non-ortho nitro benzene ring substituents is 3. The highest BCUT2D eigenvalue weighted by atomic mass is 16.6. The molecule has 178 valence electrons. The van der Waals surface area contributed by atoms with E-state index >= 15 is 0 Å². The Balaban J connectivity index is 2.10. The molecule has 0 aliphatic carbocycles. The van der Waals surface area contributed by atoms with Crippen molar-refractivity contribution in [2.75, 3.05) is 11.9 Å². The molecule has 0 spiro atoms. The molecule has 0 atom stereocenters. The fraction of sp³-hybridized carbons (Fsp3) is 0.111. The van der Waals surface area contributed by atoms with E-state index in [9.17, 15) is 50.4 Å². The third-order valence-electron chi connectivity index (χ3n) is 5.41. The van der Waals surface area contributed by atoms with Crippen LogP contribution in [0.5, 0.6) is 5.88 Å². The van der Waals surface area contributed by atoms with Crippen molar-refractivity contribution in [1.29, 1.82) is 0 Å². The Morgan fingerprint density at radius 2 is 1.37 bits per heavy atom. The van der Waals surface area contributed by atoms with Crippen LogP contribution in [0.25, 0.3) is 10.9 Å². The SMILES string of the molecule is CN1C(=O)C(=Nc2c(O)n(C)c3c([N+](=O)[O-])cc([N+](=O)[O-])cc23)c2cc([N+](=O)[O-])cc([N+](=O)[O-])c21. The molecule has 0 saturated heterocycles. The molecule has 2 heterocycles. The lowest BCUT2D eigenvalue weighted by molar-refractivity contribution is -0.393. The molecular weight excluding hydrogens is 474 g/mol. The van der Waals surface area contributed by atoms with Crippen LogP contribution in [-0.4, -0.2) is 48.0 Å². The fourth-order valence-corrected chi connectivity index (χ4v) is 3.85. The lowest BCUT2D eigenvalue weighted by Gasteiger charge is -2.08. The monoisotopic (exact) mass is 485 g/mol. The second-order valence-electron chi connectivity index (χ2n) is 7.31. The number of hydrogen-bond acceptors (Lipinski definition) is 11. The summed E-state index contributed by atoms with van der Waals surface area (Å²) in [5.74, 6) is -1.64. The van der Waals surface area contributed by atoms with Crippen LogP contribution in [0, 0.1) is 40.5 Å². The smallest absolute Gasteiger partial charge is 0.300 e. The average Bonchev–Trinajstić information content (AvgIpc) is 3.18. The van der Waals surface area contributed by atoms with Gasteiger partial charge in [0.25, 0.3) is 17.3 Å². The van der Waals surface area contributed by atoms with Gasteiger partial charge in [0, 0.05) is 37.2 Å². The van der Waals surface area contributed by atoms with E-state index in [0.29, 0.717) is 12.1 Å². The van der Waals surface area contributed by atoms with E-state index in [1.807, 2.05) is 0 Å². The number of nitrogens with zero attached hydrogens (tertiary/aromatic N) is 7. The zero-order valence-electron chi connectivity index (χ0n) is 17.6. The van der Waals surface area contributed by atoms with E-state index in [4.69, 9.17) is 0 Å². The second-order valence-corrected chi connectivity index (χ2v) is 7.31. The van der Waals surface area contributed by atoms with Crippen molar-refractivity contribution in [3.05, 3.63) is 70.3 Å². The molecule has 35 heavy (non-hydrogen) atoms. The maximum atomic E-state index is 12.9. The zero-order valence-corrected chi connectivity index (χ0v) is 17.6. The lowest BCUT2D eigenvalue weighted by atomic mass is 10.1. The maximum absolute atomic E-state index is 12.9. The van der Waals surface area contributed by atoms with Crippen LogP contribution in [-0.2, 0) is 11.8 Å². The Morgan fingerprint density at radius 1 is 0.829 bits per heavy atom. The predicted octanol–water partition coefficient (Wildman–Crippen LogP) is 2.61. The number of fused-ring (bicyclic) bond motifs is 2. The van der Waals surface area contributed by atoms with Gasteiger partial charge in [0.1, 0.15) is 22.6 Å². The zero-order chi connectivity index (χ0) is 25.9. The minimum Gasteiger partial charge on any atom is -0.493 e. The van der Waals surface area contributed by atoms with E-state index < -0.39 is 65.6 Å². The highest BCUT2D eigenvalue weighted by Gasteiger charge is 2.40. The normalized spacial score (nSPS) is 13.9. The quantitative estimate of drug-likeness (QED) is 0.410. The number of aryl methyl sites for hydroxylation is 1. The van der Waals surface area contributed by atoms with E-state index in [0.717, 1.165) is 21.6 Å². The number of amides is 1. The van der Waals surface area contributed by atoms with Crippen molar-refractivity contribution in [3.8, 4) is 5.88 Å². The molecule has 17 heteroatoms. The largest absolute Gasteiger partial charge is 0.493 e. The van der Waals surface area contributed by atoms with Gasteiger partial charge in [-0.15, -0.1) is 0 Å². The molecule has 1 aliphatic rings. The number of carbonyl (C=O) groups excluding carboxylic acids is 1. The van der Waals surface area contributed by atoms with Crippen molar-refractivity contribution >= 4 is 56.6 Å². The van der Waals surface area contributed by atoms with Crippen LogP contribution >= 0.6 is 0 Å². The molecule has 0 unspecified atom stereocenters. The highest BCUT2D eigenvalue weighted by molar-refractivity contribution is 6.55. The Morgan fingerprint density at radius 3 is 1.91 bits per heavy atom. The Hall–Kier alpha value is -5.48. The minimum atomic E-state index is -0.931. The topological polar surface area (TPSA) is 230 Å². The molecule has 0 fully saturated rings. The Labute approximate surface area is 191 Å². The van der Waals surface area contributed by atoms with Gasteiger partial charge >= 0.3 is 11.4 Å². The number of aromatic hydroxyl groups is 1. The Kier molecular flexibility index (Phi) is 4.89. The summed E-state index contributed by atoms with van der Waals surface area (Å²) in [6, 6.07) is 3.15. The molecule has 1 aromatic heterocycles. The van der Waals surface area contributed by atoms with E-state index in [1.54, 1.807) is 0 Å². The third kappa shape index (κ3) is 3.25. The molecule has 3 aromatic rings. The van der Waals surface area contributed by atoms with Crippen molar-refractivity contribution in [2.45, 2.75) is 0 Å². The van der Waals surface area contributed by atoms with Crippen LogP contribution in [0.2, 0.25) is 0 Å². The summed E-state index contributed by atoms with van der Waals surface area (Å²) in [6.07, 6.45) is 0. The van der Waals surface area contributed by atoms with Gasteiger partial charge in [-0.1, -0.05) is 0 Å². The number of aromatic nitrogens is 1. The number of nitro groups is 4. The van der Waals surface area contributed by atoms with Gasteiger partial charge in [0.15, 0.2) is 0 Å². The van der Waals surface area contributed by atoms with Gasteiger partial charge in [-0.2, -0.15) is 0 Å². The van der Waals surface area contributed by atoms with Gasteiger partial charge in [-0.25, -0.2) is 4.99 Å². The molecule has 0 saturated carbocycles. The maximum Gasteiger partial charge on any atom is 0.300 e. The van der Waals surface area contributed by atoms with Crippen molar-refractivity contribution < 1.29 is 29.6 Å². The number of benzene rings is 2. The molecule has 2 aromatic carbocycles. The number of likely N-dealkylation sites (N-methyl/N-ethyl adjacent to an activating group) is 1. The van der Waals surface area contributed by atoms with Gasteiger partial charge in [-0.3, -0.25) is 45.3 Å². The minimum absolute atomic E-state index is 0.249. The summed E-state index contributed by atoms with van der Waals surface area (Å²) in [7, 11) is 2.38. The van der Waals surface area contributed by atoms with Crippen LogP contribution in [0.4, 0.5) is 34.1 Å². The molecule has 1 N–H and O–H groups in total. The molecule has 1 amide bonds. The van der Waals surface area contributed by atoms with Gasteiger partial charge < -0.3 is 14.6 Å². The highest BCUT2D eigenvalue weighted by Crippen LogP contribution is 2.46. The molecule has 4 rings (SSSR count). The van der Waals surface area contributed by atoms with Crippen molar-refractivity contribution in [2.24, 2.45) is 12.0 Å². The number of anilines is 1. The third-order valence-corrected chi connectivity index (χ3v) is 5.41. The summed E-state index contributed by atoms with van der Waals surface area (Å²) >= 11 is 0. The second kappa shape index (κ2) is 7.54. The first-order chi connectivity index (χ1) is 16.3. The van der Waals surface area contributed by atoms with E-state index in [1.165, 1.54) is 14.1 Å². The van der Waals surface area contributed by atoms with Crippen LogP contribution in [0.15, 0.2) is 29.3 Å². The summed E-state index contributed by atoms with van der Waals surface area (Å²) in [6.45, 7) is 0. The first-order valence-corrected chi connectivity index (χ1v) is 9.33. The number of nitro benzene ring substituents is 4. The number of rotatable bonds is 5. The first kappa shape index (κ1) is 22.7. The van der Waals surface area contributed by atoms with Gasteiger partial charge in [0.05, 0.1) is 31.8 Å². The number of aliphatic imine (C=N–C) groups is 1. The first-order valence-electron chi connectivity index (χ1n) is 9.33. The standard InChI is InChI=1S/C18H11N7O10/c1-20-15-9(3-7(22(28)29)5-11(15)24(32)33)13(17(20)26)19-14-10-4-8(23(30)31)6-12(25(34)35)16(10)21(2)18(14)27/h3-6,26H,1-2H3. The summed E-state index contributed by atoms with van der Waals surface area (Å²) < 4.78 is 0.927. The molecule has 0 bridgehead atoms. The summed E-state index contributed by atoms with van der Waals surface area (Å²) in [4.78, 5) is 59.9. The van der Waals surface area contributed by atoms with Gasteiger partial charge in [0.2, 0.25) is 5.88 Å². The van der Waals surface area contributed by atoms with Crippen molar-refractivity contribution in [3.63, 3.8) is 0 Å². The predicted molar refractivity (Wildman–Crippen MR) is 117 cm³/mol. The molecule has 0 radical (unpaired) electrons. The van der Waals surface area contributed by atoms with Crippen LogP contribution < -0.4 is 4.90 Å². The van der Waals surface area contributed by atoms with E-state index in [-0.39, 0.29) is 22.2 Å². The summed E-state index contributed by atoms with van der Waals surface area (Å²) in [5.41, 5.74) is -4.74. The summed E-state index contributed by atoms with van der Waals surface area (Å²) in [5, 5.41) is 56.0. The Bertz CT molecular complexity index is 1570. The molecular formula is C18H11N7O10. The number of carbonyl (C=O) groups is 1. The average molecular weight is 485 g/mol. The van der Waals surface area contributed by atoms with Gasteiger partial charge in [-0.05, 0) is 0 Å². The lowest BCUT2D eigenvalue weighted by Crippen LogP contribution is -2.25. The number of hydrogen-bond donors (Lipinski definition) is 1. The van der Waals surface area contributed by atoms with Crippen LogP contribution in [0.1, 0.15) is 5.56 Å². The van der Waals surface area contributed by atoms with E-state index in [2.05, 4.69) is 4.99 Å².